The smallest absolute Gasteiger partial charge is 0.112 e. The van der Waals surface area contributed by atoms with Crippen LogP contribution in [-0.2, 0) is 0 Å². The number of nitrogens with one attached hydrogen (secondary N) is 1. The average molecular weight is 296 g/mol. The van der Waals surface area contributed by atoms with E-state index >= 15 is 0 Å². The van der Waals surface area contributed by atoms with Crippen molar-refractivity contribution in [3.63, 3.8) is 0 Å². The van der Waals surface area contributed by atoms with Gasteiger partial charge in [0.1, 0.15) is 5.52 Å². The van der Waals surface area contributed by atoms with Crippen LogP contribution < -0.4 is 5.32 Å². The van der Waals surface area contributed by atoms with E-state index in [4.69, 9.17) is 0 Å². The number of anilines is 1. The first-order valence-electron chi connectivity index (χ1n) is 5.49. The SMILES string of the molecule is CC(O)CCNc1ccnc2cc(Br)cnc12. The van der Waals surface area contributed by atoms with Gasteiger partial charge in [-0.2, -0.15) is 0 Å². The lowest BCUT2D eigenvalue weighted by molar-refractivity contribution is 0.189. The molecule has 1 atom stereocenters. The molecule has 2 aromatic rings. The van der Waals surface area contributed by atoms with Crippen molar-refractivity contribution in [1.29, 1.82) is 0 Å². The maximum Gasteiger partial charge on any atom is 0.112 e. The van der Waals surface area contributed by atoms with Gasteiger partial charge < -0.3 is 10.4 Å². The molecule has 2 heterocycles. The first-order chi connectivity index (χ1) is 8.16. The van der Waals surface area contributed by atoms with Crippen LogP contribution in [0.15, 0.2) is 29.0 Å². The van der Waals surface area contributed by atoms with E-state index in [0.29, 0.717) is 13.0 Å². The molecule has 0 aliphatic carbocycles. The van der Waals surface area contributed by atoms with Crippen molar-refractivity contribution in [1.82, 2.24) is 9.97 Å². The predicted octanol–water partition coefficient (Wildman–Crippen LogP) is 2.58. The summed E-state index contributed by atoms with van der Waals surface area (Å²) in [5.74, 6) is 0. The van der Waals surface area contributed by atoms with Gasteiger partial charge >= 0.3 is 0 Å². The first kappa shape index (κ1) is 12.3. The molecule has 0 amide bonds. The first-order valence-corrected chi connectivity index (χ1v) is 6.28. The molecule has 0 saturated heterocycles. The summed E-state index contributed by atoms with van der Waals surface area (Å²) in [6.07, 6.45) is 3.92. The van der Waals surface area contributed by atoms with E-state index in [1.165, 1.54) is 0 Å². The summed E-state index contributed by atoms with van der Waals surface area (Å²) in [7, 11) is 0. The largest absolute Gasteiger partial charge is 0.393 e. The normalized spacial score (nSPS) is 12.6. The summed E-state index contributed by atoms with van der Waals surface area (Å²) in [4.78, 5) is 8.61. The van der Waals surface area contributed by atoms with Gasteiger partial charge in [0, 0.05) is 23.4 Å². The van der Waals surface area contributed by atoms with Crippen LogP contribution in [0.1, 0.15) is 13.3 Å². The number of rotatable bonds is 4. The van der Waals surface area contributed by atoms with Gasteiger partial charge in [-0.15, -0.1) is 0 Å². The molecule has 0 aliphatic rings. The highest BCUT2D eigenvalue weighted by molar-refractivity contribution is 9.10. The second-order valence-corrected chi connectivity index (χ2v) is 4.86. The van der Waals surface area contributed by atoms with E-state index in [-0.39, 0.29) is 6.10 Å². The van der Waals surface area contributed by atoms with Crippen LogP contribution in [0.4, 0.5) is 5.69 Å². The van der Waals surface area contributed by atoms with Gasteiger partial charge in [0.25, 0.3) is 0 Å². The van der Waals surface area contributed by atoms with Crippen molar-refractivity contribution < 1.29 is 5.11 Å². The van der Waals surface area contributed by atoms with Crippen molar-refractivity contribution >= 4 is 32.7 Å². The van der Waals surface area contributed by atoms with Gasteiger partial charge in [0.2, 0.25) is 0 Å². The second kappa shape index (κ2) is 5.42. The number of pyridine rings is 2. The van der Waals surface area contributed by atoms with Gasteiger partial charge in [0.15, 0.2) is 0 Å². The molecular weight excluding hydrogens is 282 g/mol. The fourth-order valence-corrected chi connectivity index (χ4v) is 1.88. The Bertz CT molecular complexity index is 516. The van der Waals surface area contributed by atoms with Crippen LogP contribution in [0.2, 0.25) is 0 Å². The van der Waals surface area contributed by atoms with Crippen LogP contribution in [0, 0.1) is 0 Å². The third-order valence-electron chi connectivity index (χ3n) is 2.42. The second-order valence-electron chi connectivity index (χ2n) is 3.94. The molecule has 2 rings (SSSR count). The zero-order valence-electron chi connectivity index (χ0n) is 9.52. The number of hydrogen-bond donors (Lipinski definition) is 2. The van der Waals surface area contributed by atoms with Crippen molar-refractivity contribution in [3.05, 3.63) is 29.0 Å². The minimum absolute atomic E-state index is 0.294. The summed E-state index contributed by atoms with van der Waals surface area (Å²) in [6, 6.07) is 3.83. The lowest BCUT2D eigenvalue weighted by Gasteiger charge is -2.09. The Morgan fingerprint density at radius 2 is 2.29 bits per heavy atom. The molecule has 0 aliphatic heterocycles. The third kappa shape index (κ3) is 3.14. The molecule has 0 radical (unpaired) electrons. The van der Waals surface area contributed by atoms with Gasteiger partial charge in [-0.1, -0.05) is 0 Å². The molecule has 2 N–H and O–H groups in total. The Balaban J connectivity index is 2.22. The standard InChI is InChI=1S/C12H14BrN3O/c1-8(17)2-4-14-10-3-5-15-11-6-9(13)7-16-12(10)11/h3,5-8,17H,2,4H2,1H3,(H,14,15). The van der Waals surface area contributed by atoms with Gasteiger partial charge in [0.05, 0.1) is 17.3 Å². The quantitative estimate of drug-likeness (QED) is 0.910. The summed E-state index contributed by atoms with van der Waals surface area (Å²) in [5, 5.41) is 12.5. The van der Waals surface area contributed by atoms with Crippen LogP contribution in [0.5, 0.6) is 0 Å². The Morgan fingerprint density at radius 1 is 1.47 bits per heavy atom. The predicted molar refractivity (Wildman–Crippen MR) is 72.0 cm³/mol. The summed E-state index contributed by atoms with van der Waals surface area (Å²) in [6.45, 7) is 2.50. The molecule has 90 valence electrons. The van der Waals surface area contributed by atoms with Gasteiger partial charge in [-0.3, -0.25) is 9.97 Å². The molecule has 0 bridgehead atoms. The minimum Gasteiger partial charge on any atom is -0.393 e. The van der Waals surface area contributed by atoms with E-state index in [1.54, 1.807) is 19.3 Å². The molecular formula is C12H14BrN3O. The minimum atomic E-state index is -0.294. The summed E-state index contributed by atoms with van der Waals surface area (Å²) >= 11 is 3.37. The van der Waals surface area contributed by atoms with Crippen molar-refractivity contribution in [2.24, 2.45) is 0 Å². The van der Waals surface area contributed by atoms with Crippen LogP contribution in [0.25, 0.3) is 11.0 Å². The highest BCUT2D eigenvalue weighted by atomic mass is 79.9. The molecule has 0 spiro atoms. The van der Waals surface area contributed by atoms with E-state index in [9.17, 15) is 5.11 Å². The number of halogens is 1. The van der Waals surface area contributed by atoms with E-state index in [1.807, 2.05) is 12.1 Å². The number of aromatic nitrogens is 2. The molecule has 0 aromatic carbocycles. The van der Waals surface area contributed by atoms with Gasteiger partial charge in [-0.25, -0.2) is 0 Å². The topological polar surface area (TPSA) is 58.0 Å². The molecule has 1 unspecified atom stereocenters. The lowest BCUT2D eigenvalue weighted by Crippen LogP contribution is -2.10. The number of aliphatic hydroxyl groups is 1. The van der Waals surface area contributed by atoms with Crippen molar-refractivity contribution in [2.45, 2.75) is 19.4 Å². The number of fused-ring (bicyclic) bond motifs is 1. The highest BCUT2D eigenvalue weighted by Gasteiger charge is 2.04. The van der Waals surface area contributed by atoms with E-state index in [2.05, 4.69) is 31.2 Å². The molecule has 4 nitrogen and oxygen atoms in total. The van der Waals surface area contributed by atoms with Gasteiger partial charge in [-0.05, 0) is 41.4 Å². The Kier molecular flexibility index (Phi) is 3.91. The van der Waals surface area contributed by atoms with Crippen molar-refractivity contribution in [2.75, 3.05) is 11.9 Å². The fourth-order valence-electron chi connectivity index (χ4n) is 1.56. The number of hydrogen-bond acceptors (Lipinski definition) is 4. The van der Waals surface area contributed by atoms with E-state index < -0.39 is 0 Å². The molecule has 2 aromatic heterocycles. The number of aliphatic hydroxyl groups excluding tert-OH is 1. The van der Waals surface area contributed by atoms with Crippen molar-refractivity contribution in [3.8, 4) is 0 Å². The summed E-state index contributed by atoms with van der Waals surface area (Å²) < 4.78 is 0.915. The lowest BCUT2D eigenvalue weighted by atomic mass is 10.2. The van der Waals surface area contributed by atoms with Crippen LogP contribution >= 0.6 is 15.9 Å². The molecule has 5 heteroatoms. The molecule has 17 heavy (non-hydrogen) atoms. The van der Waals surface area contributed by atoms with E-state index in [0.717, 1.165) is 21.2 Å². The Morgan fingerprint density at radius 3 is 3.06 bits per heavy atom. The summed E-state index contributed by atoms with van der Waals surface area (Å²) in [5.41, 5.74) is 2.64. The maximum absolute atomic E-state index is 9.21. The zero-order valence-corrected chi connectivity index (χ0v) is 11.1. The molecule has 0 fully saturated rings. The fraction of sp³-hybridized carbons (Fsp3) is 0.333. The maximum atomic E-state index is 9.21. The molecule has 0 saturated carbocycles. The zero-order chi connectivity index (χ0) is 12.3. The number of nitrogens with zero attached hydrogens (tertiary/aromatic N) is 2. The third-order valence-corrected chi connectivity index (χ3v) is 2.86. The highest BCUT2D eigenvalue weighted by Crippen LogP contribution is 2.21. The monoisotopic (exact) mass is 295 g/mol. The Labute approximate surface area is 108 Å². The van der Waals surface area contributed by atoms with Crippen LogP contribution in [-0.4, -0.2) is 27.7 Å². The Hall–Kier alpha value is -1.20. The average Bonchev–Trinajstić information content (AvgIpc) is 2.28. The van der Waals surface area contributed by atoms with Crippen LogP contribution in [0.3, 0.4) is 0 Å².